The van der Waals surface area contributed by atoms with Gasteiger partial charge in [-0.1, -0.05) is 22.0 Å². The highest BCUT2D eigenvalue weighted by molar-refractivity contribution is 9.09. The second-order valence-electron chi connectivity index (χ2n) is 4.45. The Kier molecular flexibility index (Phi) is 4.54. The molecule has 17 heavy (non-hydrogen) atoms. The molecule has 1 aliphatic heterocycles. The summed E-state index contributed by atoms with van der Waals surface area (Å²) in [6.07, 6.45) is 5.16. The first-order valence-electron chi connectivity index (χ1n) is 6.07. The third-order valence-corrected chi connectivity index (χ3v) is 3.67. The minimum atomic E-state index is 0.0740. The fourth-order valence-electron chi connectivity index (χ4n) is 2.29. The lowest BCUT2D eigenvalue weighted by Crippen LogP contribution is -2.40. The van der Waals surface area contributed by atoms with Crippen LogP contribution >= 0.6 is 15.9 Å². The number of piperidine rings is 1. The van der Waals surface area contributed by atoms with E-state index in [-0.39, 0.29) is 5.91 Å². The zero-order valence-electron chi connectivity index (χ0n) is 9.81. The van der Waals surface area contributed by atoms with Gasteiger partial charge in [0.25, 0.3) is 5.91 Å². The number of carbonyl (C=O) groups excluding carboxylic acids is 1. The molecule has 0 bridgehead atoms. The van der Waals surface area contributed by atoms with E-state index in [9.17, 15) is 4.79 Å². The van der Waals surface area contributed by atoms with Crippen molar-refractivity contribution in [3.05, 3.63) is 30.1 Å². The van der Waals surface area contributed by atoms with Crippen LogP contribution in [0, 0.1) is 5.92 Å². The average Bonchev–Trinajstić information content (AvgIpc) is 2.40. The molecular weight excluding hydrogens is 280 g/mol. The number of alkyl halides is 1. The normalized spacial score (nSPS) is 20.3. The van der Waals surface area contributed by atoms with Gasteiger partial charge < -0.3 is 4.90 Å². The maximum absolute atomic E-state index is 12.2. The summed E-state index contributed by atoms with van der Waals surface area (Å²) in [4.78, 5) is 18.3. The molecule has 1 fully saturated rings. The summed E-state index contributed by atoms with van der Waals surface area (Å²) in [5.74, 6) is 0.709. The summed E-state index contributed by atoms with van der Waals surface area (Å²) in [6.45, 7) is 1.75. The molecule has 1 aliphatic rings. The standard InChI is InChI=1S/C13H17BrN2O/c14-7-6-11-4-3-9-16(10-11)13(17)12-5-1-2-8-15-12/h1-2,5,8,11H,3-4,6-7,9-10H2. The molecule has 2 heterocycles. The Labute approximate surface area is 110 Å². The van der Waals surface area contributed by atoms with E-state index in [1.807, 2.05) is 17.0 Å². The van der Waals surface area contributed by atoms with Crippen LogP contribution in [0.4, 0.5) is 0 Å². The first-order chi connectivity index (χ1) is 8.31. The van der Waals surface area contributed by atoms with Crippen LogP contribution in [0.5, 0.6) is 0 Å². The van der Waals surface area contributed by atoms with E-state index in [0.717, 1.165) is 31.3 Å². The Morgan fingerprint density at radius 1 is 1.53 bits per heavy atom. The summed E-state index contributed by atoms with van der Waals surface area (Å²) in [6, 6.07) is 5.48. The number of rotatable bonds is 3. The van der Waals surface area contributed by atoms with Gasteiger partial charge in [-0.05, 0) is 37.3 Å². The Morgan fingerprint density at radius 2 is 2.41 bits per heavy atom. The molecule has 2 rings (SSSR count). The fraction of sp³-hybridized carbons (Fsp3) is 0.538. The van der Waals surface area contributed by atoms with Crippen molar-refractivity contribution in [3.8, 4) is 0 Å². The summed E-state index contributed by atoms with van der Waals surface area (Å²) in [7, 11) is 0. The van der Waals surface area contributed by atoms with E-state index in [2.05, 4.69) is 20.9 Å². The molecule has 0 spiro atoms. The quantitative estimate of drug-likeness (QED) is 0.804. The number of hydrogen-bond acceptors (Lipinski definition) is 2. The van der Waals surface area contributed by atoms with E-state index < -0.39 is 0 Å². The van der Waals surface area contributed by atoms with Crippen LogP contribution in [0.2, 0.25) is 0 Å². The molecule has 3 nitrogen and oxygen atoms in total. The largest absolute Gasteiger partial charge is 0.337 e. The smallest absolute Gasteiger partial charge is 0.272 e. The Bertz CT molecular complexity index is 367. The van der Waals surface area contributed by atoms with Crippen LogP contribution in [0.3, 0.4) is 0 Å². The number of aromatic nitrogens is 1. The molecule has 0 aromatic carbocycles. The topological polar surface area (TPSA) is 33.2 Å². The predicted molar refractivity (Wildman–Crippen MR) is 71.3 cm³/mol. The van der Waals surface area contributed by atoms with Crippen molar-refractivity contribution in [2.24, 2.45) is 5.92 Å². The van der Waals surface area contributed by atoms with Crippen molar-refractivity contribution < 1.29 is 4.79 Å². The molecule has 0 radical (unpaired) electrons. The third kappa shape index (κ3) is 3.28. The molecule has 1 amide bonds. The maximum atomic E-state index is 12.2. The lowest BCUT2D eigenvalue weighted by molar-refractivity contribution is 0.0666. The van der Waals surface area contributed by atoms with Gasteiger partial charge in [-0.3, -0.25) is 9.78 Å². The number of nitrogens with zero attached hydrogens (tertiary/aromatic N) is 2. The molecule has 1 atom stereocenters. The molecule has 0 saturated carbocycles. The molecule has 4 heteroatoms. The van der Waals surface area contributed by atoms with Gasteiger partial charge in [0.05, 0.1) is 0 Å². The number of likely N-dealkylation sites (tertiary alicyclic amines) is 1. The summed E-state index contributed by atoms with van der Waals surface area (Å²) < 4.78 is 0. The summed E-state index contributed by atoms with van der Waals surface area (Å²) in [5.41, 5.74) is 0.562. The number of halogens is 1. The zero-order chi connectivity index (χ0) is 12.1. The number of amides is 1. The first-order valence-corrected chi connectivity index (χ1v) is 7.19. The van der Waals surface area contributed by atoms with Gasteiger partial charge in [0.2, 0.25) is 0 Å². The van der Waals surface area contributed by atoms with E-state index in [4.69, 9.17) is 0 Å². The number of hydrogen-bond donors (Lipinski definition) is 0. The lowest BCUT2D eigenvalue weighted by Gasteiger charge is -2.32. The molecule has 1 unspecified atom stereocenters. The molecule has 1 saturated heterocycles. The first kappa shape index (κ1) is 12.6. The highest BCUT2D eigenvalue weighted by Gasteiger charge is 2.24. The molecule has 0 N–H and O–H groups in total. The van der Waals surface area contributed by atoms with Crippen LogP contribution in [0.1, 0.15) is 29.8 Å². The SMILES string of the molecule is O=C(c1ccccn1)N1CCCC(CCBr)C1. The van der Waals surface area contributed by atoms with Crippen molar-refractivity contribution in [1.82, 2.24) is 9.88 Å². The Balaban J connectivity index is 2.00. The molecule has 1 aromatic rings. The van der Waals surface area contributed by atoms with Crippen LogP contribution in [-0.2, 0) is 0 Å². The molecule has 1 aromatic heterocycles. The minimum absolute atomic E-state index is 0.0740. The molecule has 0 aliphatic carbocycles. The van der Waals surface area contributed by atoms with Crippen molar-refractivity contribution in [2.45, 2.75) is 19.3 Å². The van der Waals surface area contributed by atoms with Crippen molar-refractivity contribution in [2.75, 3.05) is 18.4 Å². The van der Waals surface area contributed by atoms with Crippen LogP contribution in [0.15, 0.2) is 24.4 Å². The van der Waals surface area contributed by atoms with E-state index in [0.29, 0.717) is 11.6 Å². The summed E-state index contributed by atoms with van der Waals surface area (Å²) in [5, 5.41) is 1.02. The second kappa shape index (κ2) is 6.15. The molecule has 92 valence electrons. The van der Waals surface area contributed by atoms with Crippen LogP contribution in [-0.4, -0.2) is 34.2 Å². The van der Waals surface area contributed by atoms with Gasteiger partial charge in [0.15, 0.2) is 0 Å². The minimum Gasteiger partial charge on any atom is -0.337 e. The Hall–Kier alpha value is -0.900. The van der Waals surface area contributed by atoms with E-state index in [1.54, 1.807) is 12.3 Å². The monoisotopic (exact) mass is 296 g/mol. The number of carbonyl (C=O) groups is 1. The highest BCUT2D eigenvalue weighted by atomic mass is 79.9. The van der Waals surface area contributed by atoms with E-state index in [1.165, 1.54) is 6.42 Å². The number of pyridine rings is 1. The van der Waals surface area contributed by atoms with Crippen molar-refractivity contribution >= 4 is 21.8 Å². The van der Waals surface area contributed by atoms with Gasteiger partial charge in [-0.25, -0.2) is 0 Å². The van der Waals surface area contributed by atoms with Gasteiger partial charge in [0.1, 0.15) is 5.69 Å². The maximum Gasteiger partial charge on any atom is 0.272 e. The van der Waals surface area contributed by atoms with E-state index >= 15 is 0 Å². The predicted octanol–water partition coefficient (Wildman–Crippen LogP) is 2.72. The van der Waals surface area contributed by atoms with Crippen LogP contribution < -0.4 is 0 Å². The van der Waals surface area contributed by atoms with Gasteiger partial charge in [0, 0.05) is 24.6 Å². The van der Waals surface area contributed by atoms with Gasteiger partial charge >= 0.3 is 0 Å². The third-order valence-electron chi connectivity index (χ3n) is 3.21. The van der Waals surface area contributed by atoms with Gasteiger partial charge in [-0.15, -0.1) is 0 Å². The lowest BCUT2D eigenvalue weighted by atomic mass is 9.95. The van der Waals surface area contributed by atoms with Gasteiger partial charge in [-0.2, -0.15) is 0 Å². The fourth-order valence-corrected chi connectivity index (χ4v) is 2.94. The Morgan fingerprint density at radius 3 is 3.12 bits per heavy atom. The van der Waals surface area contributed by atoms with Crippen molar-refractivity contribution in [3.63, 3.8) is 0 Å². The summed E-state index contributed by atoms with van der Waals surface area (Å²) >= 11 is 3.47. The highest BCUT2D eigenvalue weighted by Crippen LogP contribution is 2.21. The average molecular weight is 297 g/mol. The van der Waals surface area contributed by atoms with Crippen LogP contribution in [0.25, 0.3) is 0 Å². The van der Waals surface area contributed by atoms with Crippen molar-refractivity contribution in [1.29, 1.82) is 0 Å². The second-order valence-corrected chi connectivity index (χ2v) is 5.25. The zero-order valence-corrected chi connectivity index (χ0v) is 11.4. The molecular formula is C13H17BrN2O.